The molecule has 0 aliphatic rings. The largest absolute Gasteiger partial charge is 0.497 e. The lowest BCUT2D eigenvalue weighted by atomic mass is 10.0. The Labute approximate surface area is 198 Å². The SMILES string of the molecule is COc1ccc(Cn2ncc3cc(C(=O)NC(C)c4cc(C)ccc4OC)cnc32)c(OC)c1. The highest BCUT2D eigenvalue weighted by atomic mass is 16.5. The van der Waals surface area contributed by atoms with Crippen molar-refractivity contribution in [2.24, 2.45) is 0 Å². The predicted octanol–water partition coefficient (Wildman–Crippen LogP) is 4.30. The van der Waals surface area contributed by atoms with E-state index in [-0.39, 0.29) is 11.9 Å². The first-order valence-electron chi connectivity index (χ1n) is 10.9. The minimum Gasteiger partial charge on any atom is -0.497 e. The van der Waals surface area contributed by atoms with Gasteiger partial charge in [0.15, 0.2) is 5.65 Å². The van der Waals surface area contributed by atoms with Crippen LogP contribution >= 0.6 is 0 Å². The zero-order valence-corrected chi connectivity index (χ0v) is 20.0. The smallest absolute Gasteiger partial charge is 0.253 e. The van der Waals surface area contributed by atoms with E-state index in [0.717, 1.165) is 33.6 Å². The first kappa shape index (κ1) is 23.1. The zero-order valence-electron chi connectivity index (χ0n) is 20.0. The lowest BCUT2D eigenvalue weighted by Crippen LogP contribution is -2.27. The van der Waals surface area contributed by atoms with Crippen LogP contribution in [0.2, 0.25) is 0 Å². The van der Waals surface area contributed by atoms with Gasteiger partial charge in [-0.25, -0.2) is 9.67 Å². The molecule has 8 heteroatoms. The quantitative estimate of drug-likeness (QED) is 0.422. The molecule has 0 spiro atoms. The number of hydrogen-bond acceptors (Lipinski definition) is 6. The van der Waals surface area contributed by atoms with E-state index >= 15 is 0 Å². The normalized spacial score (nSPS) is 11.8. The fourth-order valence-corrected chi connectivity index (χ4v) is 3.91. The topological polar surface area (TPSA) is 87.5 Å². The van der Waals surface area contributed by atoms with Gasteiger partial charge >= 0.3 is 0 Å². The Balaban J connectivity index is 1.54. The third-order valence-corrected chi connectivity index (χ3v) is 5.75. The summed E-state index contributed by atoms with van der Waals surface area (Å²) in [7, 11) is 4.86. The molecule has 0 aliphatic carbocycles. The van der Waals surface area contributed by atoms with Crippen LogP contribution in [0.3, 0.4) is 0 Å². The number of hydrogen-bond donors (Lipinski definition) is 1. The van der Waals surface area contributed by atoms with Crippen LogP contribution in [-0.4, -0.2) is 42.0 Å². The summed E-state index contributed by atoms with van der Waals surface area (Å²) >= 11 is 0. The third kappa shape index (κ3) is 4.66. The van der Waals surface area contributed by atoms with Crippen LogP contribution in [0, 0.1) is 6.92 Å². The van der Waals surface area contributed by atoms with Crippen molar-refractivity contribution in [3.8, 4) is 17.2 Å². The number of pyridine rings is 1. The number of aromatic nitrogens is 3. The van der Waals surface area contributed by atoms with Crippen molar-refractivity contribution >= 4 is 16.9 Å². The van der Waals surface area contributed by atoms with Gasteiger partial charge in [-0.15, -0.1) is 0 Å². The number of benzene rings is 2. The van der Waals surface area contributed by atoms with Gasteiger partial charge in [0.05, 0.1) is 45.7 Å². The van der Waals surface area contributed by atoms with Gasteiger partial charge < -0.3 is 19.5 Å². The summed E-state index contributed by atoms with van der Waals surface area (Å²) < 4.78 is 18.0. The third-order valence-electron chi connectivity index (χ3n) is 5.75. The van der Waals surface area contributed by atoms with Gasteiger partial charge in [0.2, 0.25) is 0 Å². The van der Waals surface area contributed by atoms with E-state index in [4.69, 9.17) is 14.2 Å². The predicted molar refractivity (Wildman–Crippen MR) is 130 cm³/mol. The average Bonchev–Trinajstić information content (AvgIpc) is 3.26. The van der Waals surface area contributed by atoms with E-state index in [0.29, 0.717) is 23.5 Å². The number of methoxy groups -OCH3 is 3. The maximum absolute atomic E-state index is 13.0. The van der Waals surface area contributed by atoms with Crippen LogP contribution < -0.4 is 19.5 Å². The van der Waals surface area contributed by atoms with Crippen molar-refractivity contribution in [1.82, 2.24) is 20.1 Å². The van der Waals surface area contributed by atoms with E-state index in [1.54, 1.807) is 44.5 Å². The van der Waals surface area contributed by atoms with Crippen LogP contribution in [-0.2, 0) is 6.54 Å². The maximum Gasteiger partial charge on any atom is 0.253 e. The van der Waals surface area contributed by atoms with Crippen LogP contribution in [0.25, 0.3) is 11.0 Å². The molecule has 0 radical (unpaired) electrons. The summed E-state index contributed by atoms with van der Waals surface area (Å²) in [6, 6.07) is 13.1. The van der Waals surface area contributed by atoms with E-state index in [2.05, 4.69) is 15.4 Å². The number of aryl methyl sites for hydroxylation is 1. The summed E-state index contributed by atoms with van der Waals surface area (Å²) in [6.07, 6.45) is 3.28. The zero-order chi connectivity index (χ0) is 24.2. The van der Waals surface area contributed by atoms with Crippen LogP contribution in [0.4, 0.5) is 0 Å². The molecular weight excluding hydrogens is 432 g/mol. The molecule has 0 fully saturated rings. The van der Waals surface area contributed by atoms with Gasteiger partial charge in [-0.05, 0) is 38.1 Å². The highest BCUT2D eigenvalue weighted by Gasteiger charge is 2.17. The molecule has 4 rings (SSSR count). The second-order valence-corrected chi connectivity index (χ2v) is 8.06. The molecule has 1 N–H and O–H groups in total. The van der Waals surface area contributed by atoms with Crippen molar-refractivity contribution in [3.05, 3.63) is 77.1 Å². The summed E-state index contributed by atoms with van der Waals surface area (Å²) in [5, 5.41) is 8.28. The molecule has 8 nitrogen and oxygen atoms in total. The number of ether oxygens (including phenoxy) is 3. The Hall–Kier alpha value is -4.07. The van der Waals surface area contributed by atoms with Gasteiger partial charge in [-0.3, -0.25) is 4.79 Å². The summed E-state index contributed by atoms with van der Waals surface area (Å²) in [4.78, 5) is 17.5. The number of carbonyl (C=O) groups excluding carboxylic acids is 1. The molecule has 176 valence electrons. The van der Waals surface area contributed by atoms with Crippen LogP contribution in [0.5, 0.6) is 17.2 Å². The van der Waals surface area contributed by atoms with Crippen molar-refractivity contribution in [2.45, 2.75) is 26.4 Å². The minimum absolute atomic E-state index is 0.213. The molecule has 0 saturated carbocycles. The highest BCUT2D eigenvalue weighted by Crippen LogP contribution is 2.27. The van der Waals surface area contributed by atoms with Gasteiger partial charge in [-0.1, -0.05) is 17.7 Å². The molecule has 0 aliphatic heterocycles. The standard InChI is InChI=1S/C26H28N4O4/c1-16-6-9-23(33-4)22(10-16)17(2)29-26(31)20-11-19-14-28-30(25(19)27-13-20)15-18-7-8-21(32-3)12-24(18)34-5/h6-14,17H,15H2,1-5H3,(H,29,31). The Kier molecular flexibility index (Phi) is 6.67. The molecule has 1 atom stereocenters. The Morgan fingerprint density at radius 3 is 2.53 bits per heavy atom. The van der Waals surface area contributed by atoms with E-state index in [9.17, 15) is 4.79 Å². The van der Waals surface area contributed by atoms with Crippen molar-refractivity contribution in [1.29, 1.82) is 0 Å². The molecule has 34 heavy (non-hydrogen) atoms. The minimum atomic E-state index is -0.233. The molecule has 2 heterocycles. The molecule has 1 unspecified atom stereocenters. The van der Waals surface area contributed by atoms with Crippen molar-refractivity contribution in [3.63, 3.8) is 0 Å². The molecule has 2 aromatic heterocycles. The van der Waals surface area contributed by atoms with Gasteiger partial charge in [0.25, 0.3) is 5.91 Å². The molecule has 2 aromatic carbocycles. The van der Waals surface area contributed by atoms with Gasteiger partial charge in [0.1, 0.15) is 17.2 Å². The lowest BCUT2D eigenvalue weighted by molar-refractivity contribution is 0.0939. The number of rotatable bonds is 8. The highest BCUT2D eigenvalue weighted by molar-refractivity contribution is 5.97. The van der Waals surface area contributed by atoms with Crippen molar-refractivity contribution in [2.75, 3.05) is 21.3 Å². The first-order valence-corrected chi connectivity index (χ1v) is 10.9. The monoisotopic (exact) mass is 460 g/mol. The first-order chi connectivity index (χ1) is 16.4. The maximum atomic E-state index is 13.0. The lowest BCUT2D eigenvalue weighted by Gasteiger charge is -2.18. The number of fused-ring (bicyclic) bond motifs is 1. The van der Waals surface area contributed by atoms with Crippen molar-refractivity contribution < 1.29 is 19.0 Å². The number of nitrogens with one attached hydrogen (secondary N) is 1. The Morgan fingerprint density at radius 1 is 1.00 bits per heavy atom. The van der Waals surface area contributed by atoms with E-state index < -0.39 is 0 Å². The average molecular weight is 461 g/mol. The summed E-state index contributed by atoms with van der Waals surface area (Å²) in [5.74, 6) is 1.95. The van der Waals surface area contributed by atoms with Gasteiger partial charge in [-0.2, -0.15) is 5.10 Å². The Morgan fingerprint density at radius 2 is 1.79 bits per heavy atom. The molecular formula is C26H28N4O4. The second kappa shape index (κ2) is 9.82. The summed E-state index contributed by atoms with van der Waals surface area (Å²) in [5.41, 5.74) is 4.11. The fourth-order valence-electron chi connectivity index (χ4n) is 3.91. The molecule has 0 saturated heterocycles. The van der Waals surface area contributed by atoms with E-state index in [1.807, 2.05) is 50.2 Å². The number of nitrogens with zero attached hydrogens (tertiary/aromatic N) is 3. The molecule has 1 amide bonds. The number of amides is 1. The number of carbonyl (C=O) groups is 1. The second-order valence-electron chi connectivity index (χ2n) is 8.06. The fraction of sp³-hybridized carbons (Fsp3) is 0.269. The summed E-state index contributed by atoms with van der Waals surface area (Å²) in [6.45, 7) is 4.41. The van der Waals surface area contributed by atoms with Crippen LogP contribution in [0.15, 0.2) is 54.9 Å². The molecule has 0 bridgehead atoms. The van der Waals surface area contributed by atoms with Gasteiger partial charge in [0, 0.05) is 28.8 Å². The van der Waals surface area contributed by atoms with Crippen LogP contribution in [0.1, 0.15) is 40.0 Å². The Bertz CT molecular complexity index is 1330. The van der Waals surface area contributed by atoms with E-state index in [1.165, 1.54) is 0 Å². The molecule has 4 aromatic rings.